The molecule has 142 valence electrons. The molecular weight excluding hydrogens is 348 g/mol. The first-order chi connectivity index (χ1) is 13.5. The van der Waals surface area contributed by atoms with Gasteiger partial charge in [0, 0.05) is 32.6 Å². The van der Waals surface area contributed by atoms with E-state index in [0.29, 0.717) is 18.7 Å². The van der Waals surface area contributed by atoms with Gasteiger partial charge in [-0.05, 0) is 34.4 Å². The number of rotatable bonds is 6. The van der Waals surface area contributed by atoms with Crippen LogP contribution in [0.3, 0.4) is 0 Å². The molecule has 4 heteroatoms. The second kappa shape index (κ2) is 9.00. The minimum atomic E-state index is -0.0711. The average Bonchev–Trinajstić information content (AvgIpc) is 2.73. The Morgan fingerprint density at radius 3 is 1.96 bits per heavy atom. The van der Waals surface area contributed by atoms with Crippen LogP contribution in [0.2, 0.25) is 0 Å². The quantitative estimate of drug-likeness (QED) is 0.703. The predicted molar refractivity (Wildman–Crippen MR) is 112 cm³/mol. The predicted octanol–water partition coefficient (Wildman–Crippen LogP) is 4.26. The van der Waals surface area contributed by atoms with Crippen LogP contribution in [0.25, 0.3) is 11.1 Å². The molecule has 0 spiro atoms. The van der Waals surface area contributed by atoms with E-state index in [2.05, 4.69) is 41.7 Å². The monoisotopic (exact) mass is 372 g/mol. The van der Waals surface area contributed by atoms with Crippen LogP contribution in [0.15, 0.2) is 78.9 Å². The van der Waals surface area contributed by atoms with Gasteiger partial charge < -0.3 is 10.2 Å². The fourth-order valence-corrected chi connectivity index (χ4v) is 2.99. The summed E-state index contributed by atoms with van der Waals surface area (Å²) in [6.45, 7) is 2.49. The van der Waals surface area contributed by atoms with Gasteiger partial charge in [0.1, 0.15) is 0 Å². The van der Waals surface area contributed by atoms with E-state index in [1.165, 1.54) is 12.5 Å². The first-order valence-electron chi connectivity index (χ1n) is 9.26. The third kappa shape index (κ3) is 5.07. The van der Waals surface area contributed by atoms with Crippen molar-refractivity contribution in [2.24, 2.45) is 0 Å². The lowest BCUT2D eigenvalue weighted by Gasteiger charge is -2.18. The van der Waals surface area contributed by atoms with Gasteiger partial charge >= 0.3 is 0 Å². The maximum absolute atomic E-state index is 12.7. The molecule has 2 amide bonds. The molecular formula is C24H24N2O2. The van der Waals surface area contributed by atoms with Crippen LogP contribution in [0.4, 0.5) is 0 Å². The molecule has 0 fully saturated rings. The van der Waals surface area contributed by atoms with Crippen LogP contribution in [-0.2, 0) is 17.9 Å². The zero-order valence-electron chi connectivity index (χ0n) is 16.2. The molecule has 28 heavy (non-hydrogen) atoms. The summed E-state index contributed by atoms with van der Waals surface area (Å²) in [4.78, 5) is 25.4. The van der Waals surface area contributed by atoms with Gasteiger partial charge in [0.05, 0.1) is 0 Å². The number of hydrogen-bond acceptors (Lipinski definition) is 2. The Morgan fingerprint density at radius 2 is 1.36 bits per heavy atom. The Labute approximate surface area is 165 Å². The van der Waals surface area contributed by atoms with Crippen molar-refractivity contribution in [1.29, 1.82) is 0 Å². The highest BCUT2D eigenvalue weighted by molar-refractivity contribution is 5.94. The van der Waals surface area contributed by atoms with Crippen molar-refractivity contribution in [1.82, 2.24) is 10.2 Å². The third-order valence-electron chi connectivity index (χ3n) is 4.57. The average molecular weight is 372 g/mol. The van der Waals surface area contributed by atoms with Crippen molar-refractivity contribution in [3.8, 4) is 11.1 Å². The van der Waals surface area contributed by atoms with Crippen molar-refractivity contribution in [3.63, 3.8) is 0 Å². The summed E-state index contributed by atoms with van der Waals surface area (Å²) >= 11 is 0. The number of nitrogens with one attached hydrogen (secondary N) is 1. The molecule has 0 saturated carbocycles. The van der Waals surface area contributed by atoms with E-state index in [1.54, 1.807) is 24.1 Å². The summed E-state index contributed by atoms with van der Waals surface area (Å²) in [5, 5.41) is 2.75. The molecule has 3 aromatic carbocycles. The number of benzene rings is 3. The Hall–Kier alpha value is -3.40. The fraction of sp³-hybridized carbons (Fsp3) is 0.167. The zero-order valence-corrected chi connectivity index (χ0v) is 16.2. The topological polar surface area (TPSA) is 49.4 Å². The van der Waals surface area contributed by atoms with E-state index >= 15 is 0 Å². The minimum absolute atomic E-state index is 0.0294. The van der Waals surface area contributed by atoms with Gasteiger partial charge in [-0.2, -0.15) is 0 Å². The largest absolute Gasteiger partial charge is 0.352 e. The molecule has 0 heterocycles. The summed E-state index contributed by atoms with van der Waals surface area (Å²) < 4.78 is 0. The lowest BCUT2D eigenvalue weighted by molar-refractivity contribution is -0.119. The SMILES string of the molecule is CC(=O)NCc1ccc(C(=O)N(C)Cc2ccc(-c3ccccc3)cc2)cc1. The van der Waals surface area contributed by atoms with Gasteiger partial charge in [0.15, 0.2) is 0 Å². The van der Waals surface area contributed by atoms with Crippen molar-refractivity contribution in [2.75, 3.05) is 7.05 Å². The Kier molecular flexibility index (Phi) is 6.22. The van der Waals surface area contributed by atoms with Gasteiger partial charge in [0.25, 0.3) is 5.91 Å². The standard InChI is InChI=1S/C24H24N2O2/c1-18(27)25-16-19-8-14-23(15-9-19)24(28)26(2)17-20-10-12-22(13-11-20)21-6-4-3-5-7-21/h3-15H,16-17H2,1-2H3,(H,25,27). The second-order valence-electron chi connectivity index (χ2n) is 6.83. The molecule has 0 atom stereocenters. The second-order valence-corrected chi connectivity index (χ2v) is 6.83. The van der Waals surface area contributed by atoms with Gasteiger partial charge in [-0.1, -0.05) is 66.7 Å². The van der Waals surface area contributed by atoms with Crippen molar-refractivity contribution in [2.45, 2.75) is 20.0 Å². The van der Waals surface area contributed by atoms with E-state index in [1.807, 2.05) is 30.3 Å². The summed E-state index contributed by atoms with van der Waals surface area (Å²) in [7, 11) is 1.80. The molecule has 0 bridgehead atoms. The van der Waals surface area contributed by atoms with Crippen LogP contribution in [0.5, 0.6) is 0 Å². The third-order valence-corrected chi connectivity index (χ3v) is 4.57. The van der Waals surface area contributed by atoms with E-state index in [4.69, 9.17) is 0 Å². The molecule has 0 aliphatic carbocycles. The van der Waals surface area contributed by atoms with E-state index < -0.39 is 0 Å². The number of amides is 2. The van der Waals surface area contributed by atoms with E-state index in [-0.39, 0.29) is 11.8 Å². The normalized spacial score (nSPS) is 10.4. The lowest BCUT2D eigenvalue weighted by atomic mass is 10.0. The van der Waals surface area contributed by atoms with Crippen LogP contribution in [-0.4, -0.2) is 23.8 Å². The molecule has 4 nitrogen and oxygen atoms in total. The van der Waals surface area contributed by atoms with Crippen LogP contribution >= 0.6 is 0 Å². The van der Waals surface area contributed by atoms with Crippen molar-refractivity contribution < 1.29 is 9.59 Å². The Morgan fingerprint density at radius 1 is 0.786 bits per heavy atom. The molecule has 0 aliphatic heterocycles. The van der Waals surface area contributed by atoms with Crippen LogP contribution < -0.4 is 5.32 Å². The number of carbonyl (C=O) groups is 2. The zero-order chi connectivity index (χ0) is 19.9. The summed E-state index contributed by atoms with van der Waals surface area (Å²) in [5.41, 5.74) is 5.02. The van der Waals surface area contributed by atoms with Crippen LogP contribution in [0.1, 0.15) is 28.4 Å². The molecule has 0 aliphatic rings. The maximum atomic E-state index is 12.7. The molecule has 0 aromatic heterocycles. The number of carbonyl (C=O) groups excluding carboxylic acids is 2. The fourth-order valence-electron chi connectivity index (χ4n) is 2.99. The molecule has 0 radical (unpaired) electrons. The van der Waals surface area contributed by atoms with Crippen molar-refractivity contribution in [3.05, 3.63) is 95.6 Å². The molecule has 0 unspecified atom stereocenters. The van der Waals surface area contributed by atoms with E-state index in [9.17, 15) is 9.59 Å². The minimum Gasteiger partial charge on any atom is -0.352 e. The maximum Gasteiger partial charge on any atom is 0.253 e. The first-order valence-corrected chi connectivity index (χ1v) is 9.26. The number of nitrogens with zero attached hydrogens (tertiary/aromatic N) is 1. The van der Waals surface area contributed by atoms with Crippen molar-refractivity contribution >= 4 is 11.8 Å². The number of hydrogen-bond donors (Lipinski definition) is 1. The molecule has 3 aromatic rings. The molecule has 0 saturated heterocycles. The highest BCUT2D eigenvalue weighted by Gasteiger charge is 2.12. The summed E-state index contributed by atoms with van der Waals surface area (Å²) in [6.07, 6.45) is 0. The molecule has 3 rings (SSSR count). The Balaban J connectivity index is 1.61. The van der Waals surface area contributed by atoms with Gasteiger partial charge in [-0.15, -0.1) is 0 Å². The Bertz CT molecular complexity index is 933. The lowest BCUT2D eigenvalue weighted by Crippen LogP contribution is -2.26. The molecule has 1 N–H and O–H groups in total. The smallest absolute Gasteiger partial charge is 0.253 e. The van der Waals surface area contributed by atoms with Gasteiger partial charge in [-0.25, -0.2) is 0 Å². The van der Waals surface area contributed by atoms with Gasteiger partial charge in [-0.3, -0.25) is 9.59 Å². The van der Waals surface area contributed by atoms with Crippen LogP contribution in [0, 0.1) is 0 Å². The summed E-state index contributed by atoms with van der Waals surface area (Å²) in [6, 6.07) is 25.8. The highest BCUT2D eigenvalue weighted by Crippen LogP contribution is 2.20. The van der Waals surface area contributed by atoms with E-state index in [0.717, 1.165) is 16.7 Å². The highest BCUT2D eigenvalue weighted by atomic mass is 16.2. The summed E-state index contributed by atoms with van der Waals surface area (Å²) in [5.74, 6) is -0.101. The van der Waals surface area contributed by atoms with Gasteiger partial charge in [0.2, 0.25) is 5.91 Å². The first kappa shape index (κ1) is 19.4.